The molecule has 0 radical (unpaired) electrons. The molecule has 3 heteroatoms. The van der Waals surface area contributed by atoms with Gasteiger partial charge in [-0.1, -0.05) is 20.8 Å². The van der Waals surface area contributed by atoms with E-state index in [-0.39, 0.29) is 0 Å². The van der Waals surface area contributed by atoms with Gasteiger partial charge in [-0.05, 0) is 55.6 Å². The molecule has 19 heavy (non-hydrogen) atoms. The minimum atomic E-state index is 0.665. The van der Waals surface area contributed by atoms with Crippen LogP contribution in [0.25, 0.3) is 0 Å². The first-order chi connectivity index (χ1) is 9.17. The predicted molar refractivity (Wildman–Crippen MR) is 80.0 cm³/mol. The van der Waals surface area contributed by atoms with Gasteiger partial charge in [0.05, 0.1) is 13.7 Å². The van der Waals surface area contributed by atoms with Crippen molar-refractivity contribution in [1.82, 2.24) is 5.32 Å². The van der Waals surface area contributed by atoms with E-state index < -0.39 is 0 Å². The molecule has 0 saturated carbocycles. The number of hydrogen-bond acceptors (Lipinski definition) is 3. The third-order valence-electron chi connectivity index (χ3n) is 3.42. The number of rotatable bonds is 9. The summed E-state index contributed by atoms with van der Waals surface area (Å²) in [5.74, 6) is 3.11. The van der Waals surface area contributed by atoms with Crippen molar-refractivity contribution in [3.63, 3.8) is 0 Å². The molecule has 3 nitrogen and oxygen atoms in total. The van der Waals surface area contributed by atoms with E-state index in [0.29, 0.717) is 11.8 Å². The molecule has 1 aromatic rings. The minimum Gasteiger partial charge on any atom is -0.497 e. The summed E-state index contributed by atoms with van der Waals surface area (Å²) in [6.45, 7) is 9.55. The molecule has 0 saturated heterocycles. The fraction of sp³-hybridized carbons (Fsp3) is 0.625. The van der Waals surface area contributed by atoms with Crippen LogP contribution in [0.5, 0.6) is 11.5 Å². The lowest BCUT2D eigenvalue weighted by molar-refractivity contribution is 0.244. The van der Waals surface area contributed by atoms with Crippen molar-refractivity contribution < 1.29 is 9.47 Å². The molecule has 0 aliphatic rings. The van der Waals surface area contributed by atoms with Gasteiger partial charge in [0.1, 0.15) is 11.5 Å². The Morgan fingerprint density at radius 1 is 1.11 bits per heavy atom. The van der Waals surface area contributed by atoms with Crippen LogP contribution >= 0.6 is 0 Å². The van der Waals surface area contributed by atoms with Crippen LogP contribution in [0.3, 0.4) is 0 Å². The molecule has 0 amide bonds. The summed E-state index contributed by atoms with van der Waals surface area (Å²) >= 11 is 0. The number of benzene rings is 1. The average molecular weight is 265 g/mol. The Labute approximate surface area is 117 Å². The standard InChI is InChI=1S/C16H27NO2/c1-5-17-12-14(13(2)3)10-11-19-16-8-6-15(18-4)7-9-16/h6-9,13-14,17H,5,10-12H2,1-4H3. The molecule has 108 valence electrons. The summed E-state index contributed by atoms with van der Waals surface area (Å²) in [6.07, 6.45) is 1.08. The summed E-state index contributed by atoms with van der Waals surface area (Å²) in [5.41, 5.74) is 0. The molecule has 0 fully saturated rings. The van der Waals surface area contributed by atoms with Gasteiger partial charge in [0.15, 0.2) is 0 Å². The lowest BCUT2D eigenvalue weighted by atomic mass is 9.93. The van der Waals surface area contributed by atoms with Gasteiger partial charge in [-0.15, -0.1) is 0 Å². The predicted octanol–water partition coefficient (Wildman–Crippen LogP) is 3.35. The van der Waals surface area contributed by atoms with Crippen LogP contribution in [0, 0.1) is 11.8 Å². The van der Waals surface area contributed by atoms with E-state index in [0.717, 1.165) is 37.6 Å². The molecule has 1 atom stereocenters. The van der Waals surface area contributed by atoms with Gasteiger partial charge < -0.3 is 14.8 Å². The first-order valence-corrected chi connectivity index (χ1v) is 7.15. The van der Waals surface area contributed by atoms with Gasteiger partial charge in [0, 0.05) is 0 Å². The monoisotopic (exact) mass is 265 g/mol. The third-order valence-corrected chi connectivity index (χ3v) is 3.42. The van der Waals surface area contributed by atoms with Crippen LogP contribution in [0.4, 0.5) is 0 Å². The summed E-state index contributed by atoms with van der Waals surface area (Å²) in [6, 6.07) is 7.75. The van der Waals surface area contributed by atoms with E-state index in [1.165, 1.54) is 0 Å². The molecule has 0 aromatic heterocycles. The Balaban J connectivity index is 2.33. The molecule has 1 unspecified atom stereocenters. The minimum absolute atomic E-state index is 0.665. The average Bonchev–Trinajstić information content (AvgIpc) is 2.43. The molecular weight excluding hydrogens is 238 g/mol. The third kappa shape index (κ3) is 5.97. The second-order valence-electron chi connectivity index (χ2n) is 5.12. The molecule has 0 heterocycles. The van der Waals surface area contributed by atoms with E-state index in [2.05, 4.69) is 26.1 Å². The molecule has 0 aliphatic heterocycles. The van der Waals surface area contributed by atoms with E-state index in [1.54, 1.807) is 7.11 Å². The Morgan fingerprint density at radius 3 is 2.26 bits per heavy atom. The first kappa shape index (κ1) is 15.8. The second-order valence-corrected chi connectivity index (χ2v) is 5.12. The van der Waals surface area contributed by atoms with Crippen LogP contribution in [0.1, 0.15) is 27.2 Å². The van der Waals surface area contributed by atoms with Crippen molar-refractivity contribution in [2.45, 2.75) is 27.2 Å². The zero-order valence-corrected chi connectivity index (χ0v) is 12.6. The van der Waals surface area contributed by atoms with E-state index in [1.807, 2.05) is 24.3 Å². The van der Waals surface area contributed by atoms with Crippen LogP contribution < -0.4 is 14.8 Å². The molecule has 1 N–H and O–H groups in total. The van der Waals surface area contributed by atoms with Crippen molar-refractivity contribution in [1.29, 1.82) is 0 Å². The Hall–Kier alpha value is -1.22. The highest BCUT2D eigenvalue weighted by Crippen LogP contribution is 2.19. The Morgan fingerprint density at radius 2 is 1.74 bits per heavy atom. The van der Waals surface area contributed by atoms with Crippen molar-refractivity contribution in [3.05, 3.63) is 24.3 Å². The van der Waals surface area contributed by atoms with Gasteiger partial charge in [-0.3, -0.25) is 0 Å². The maximum Gasteiger partial charge on any atom is 0.119 e. The van der Waals surface area contributed by atoms with Gasteiger partial charge in [-0.25, -0.2) is 0 Å². The number of hydrogen-bond donors (Lipinski definition) is 1. The van der Waals surface area contributed by atoms with Crippen molar-refractivity contribution in [3.8, 4) is 11.5 Å². The first-order valence-electron chi connectivity index (χ1n) is 7.15. The second kappa shape index (κ2) is 8.81. The largest absolute Gasteiger partial charge is 0.497 e. The molecule has 1 aromatic carbocycles. The highest BCUT2D eigenvalue weighted by Gasteiger charge is 2.12. The van der Waals surface area contributed by atoms with Crippen LogP contribution in [-0.2, 0) is 0 Å². The maximum absolute atomic E-state index is 5.78. The lowest BCUT2D eigenvalue weighted by Gasteiger charge is -2.21. The highest BCUT2D eigenvalue weighted by molar-refractivity contribution is 5.31. The van der Waals surface area contributed by atoms with Crippen LogP contribution in [-0.4, -0.2) is 26.8 Å². The lowest BCUT2D eigenvalue weighted by Crippen LogP contribution is -2.27. The van der Waals surface area contributed by atoms with E-state index in [9.17, 15) is 0 Å². The maximum atomic E-state index is 5.78. The summed E-state index contributed by atoms with van der Waals surface area (Å²) in [5, 5.41) is 3.42. The fourth-order valence-electron chi connectivity index (χ4n) is 2.00. The number of methoxy groups -OCH3 is 1. The Bertz CT molecular complexity index is 335. The molecular formula is C16H27NO2. The highest BCUT2D eigenvalue weighted by atomic mass is 16.5. The zero-order chi connectivity index (χ0) is 14.1. The SMILES string of the molecule is CCNCC(CCOc1ccc(OC)cc1)C(C)C. The summed E-state index contributed by atoms with van der Waals surface area (Å²) < 4.78 is 10.9. The van der Waals surface area contributed by atoms with Gasteiger partial charge >= 0.3 is 0 Å². The number of nitrogens with one attached hydrogen (secondary N) is 1. The van der Waals surface area contributed by atoms with Crippen LogP contribution in [0.2, 0.25) is 0 Å². The fourth-order valence-corrected chi connectivity index (χ4v) is 2.00. The summed E-state index contributed by atoms with van der Waals surface area (Å²) in [7, 11) is 1.67. The van der Waals surface area contributed by atoms with Crippen molar-refractivity contribution >= 4 is 0 Å². The topological polar surface area (TPSA) is 30.5 Å². The normalized spacial score (nSPS) is 12.5. The molecule has 0 aliphatic carbocycles. The Kier molecular flexibility index (Phi) is 7.34. The van der Waals surface area contributed by atoms with Gasteiger partial charge in [-0.2, -0.15) is 0 Å². The van der Waals surface area contributed by atoms with E-state index in [4.69, 9.17) is 9.47 Å². The zero-order valence-electron chi connectivity index (χ0n) is 12.6. The summed E-state index contributed by atoms with van der Waals surface area (Å²) in [4.78, 5) is 0. The van der Waals surface area contributed by atoms with Gasteiger partial charge in [0.2, 0.25) is 0 Å². The van der Waals surface area contributed by atoms with Crippen molar-refractivity contribution in [2.24, 2.45) is 11.8 Å². The van der Waals surface area contributed by atoms with Gasteiger partial charge in [0.25, 0.3) is 0 Å². The molecule has 1 rings (SSSR count). The molecule has 0 spiro atoms. The van der Waals surface area contributed by atoms with E-state index >= 15 is 0 Å². The smallest absolute Gasteiger partial charge is 0.119 e. The number of ether oxygens (including phenoxy) is 2. The molecule has 0 bridgehead atoms. The van der Waals surface area contributed by atoms with Crippen molar-refractivity contribution in [2.75, 3.05) is 26.8 Å². The quantitative estimate of drug-likeness (QED) is 0.743. The van der Waals surface area contributed by atoms with Crippen LogP contribution in [0.15, 0.2) is 24.3 Å².